The van der Waals surface area contributed by atoms with Gasteiger partial charge >= 0.3 is 5.97 Å². The predicted molar refractivity (Wildman–Crippen MR) is 66.6 cm³/mol. The normalized spacial score (nSPS) is 13.9. The lowest BCUT2D eigenvalue weighted by Gasteiger charge is -2.16. The minimum absolute atomic E-state index is 0.288. The van der Waals surface area contributed by atoms with E-state index in [1.807, 2.05) is 0 Å². The van der Waals surface area contributed by atoms with Crippen LogP contribution in [0.4, 0.5) is 0 Å². The molecule has 1 amide bonds. The molecule has 6 nitrogen and oxygen atoms in total. The number of methoxy groups -OCH3 is 1. The third-order valence-corrected chi connectivity index (χ3v) is 3.37. The van der Waals surface area contributed by atoms with Crippen molar-refractivity contribution in [1.29, 1.82) is 0 Å². The molecule has 2 unspecified atom stereocenters. The van der Waals surface area contributed by atoms with Crippen molar-refractivity contribution in [3.05, 3.63) is 16.1 Å². The number of nitrogens with one attached hydrogen (secondary N) is 1. The summed E-state index contributed by atoms with van der Waals surface area (Å²) >= 11 is 1.33. The van der Waals surface area contributed by atoms with E-state index in [-0.39, 0.29) is 11.6 Å². The first kappa shape index (κ1) is 14.6. The number of carbonyl (C=O) groups excluding carboxylic acids is 1. The summed E-state index contributed by atoms with van der Waals surface area (Å²) in [7, 11) is 1.55. The molecule has 0 aliphatic heterocycles. The Morgan fingerprint density at radius 1 is 1.56 bits per heavy atom. The highest BCUT2D eigenvalue weighted by Crippen LogP contribution is 2.11. The number of thiazole rings is 1. The number of hydrogen-bond donors (Lipinski definition) is 2. The van der Waals surface area contributed by atoms with Gasteiger partial charge in [0.1, 0.15) is 10.7 Å². The van der Waals surface area contributed by atoms with Crippen molar-refractivity contribution >= 4 is 23.2 Å². The van der Waals surface area contributed by atoms with Crippen molar-refractivity contribution in [2.75, 3.05) is 7.11 Å². The number of carboxylic acids is 1. The molecule has 1 rings (SSSR count). The summed E-state index contributed by atoms with van der Waals surface area (Å²) in [5.41, 5.74) is 0.288. The number of carbonyl (C=O) groups is 2. The lowest BCUT2D eigenvalue weighted by Crippen LogP contribution is -2.40. The number of aliphatic carboxylic acids is 1. The second-order valence-electron chi connectivity index (χ2n) is 3.95. The van der Waals surface area contributed by atoms with E-state index >= 15 is 0 Å². The van der Waals surface area contributed by atoms with Crippen LogP contribution in [0.15, 0.2) is 5.38 Å². The number of hydrogen-bond acceptors (Lipinski definition) is 5. The van der Waals surface area contributed by atoms with Crippen molar-refractivity contribution in [1.82, 2.24) is 10.3 Å². The standard InChI is InChI=1S/C11H16N2O4S/c1-6(11(15)16)7(2)12-10(14)8-5-18-9(13-8)4-17-3/h5-7H,4H2,1-3H3,(H,12,14)(H,15,16). The zero-order valence-electron chi connectivity index (χ0n) is 10.5. The highest BCUT2D eigenvalue weighted by Gasteiger charge is 2.22. The Labute approximate surface area is 109 Å². The van der Waals surface area contributed by atoms with Crippen LogP contribution >= 0.6 is 11.3 Å². The summed E-state index contributed by atoms with van der Waals surface area (Å²) < 4.78 is 4.91. The maximum atomic E-state index is 11.8. The van der Waals surface area contributed by atoms with Gasteiger partial charge in [0.25, 0.3) is 5.91 Å². The fourth-order valence-electron chi connectivity index (χ4n) is 1.22. The average Bonchev–Trinajstić information content (AvgIpc) is 2.77. The van der Waals surface area contributed by atoms with E-state index in [4.69, 9.17) is 9.84 Å². The quantitative estimate of drug-likeness (QED) is 0.810. The molecule has 0 aliphatic carbocycles. The molecule has 1 heterocycles. The fraction of sp³-hybridized carbons (Fsp3) is 0.545. The predicted octanol–water partition coefficient (Wildman–Crippen LogP) is 1.13. The van der Waals surface area contributed by atoms with Gasteiger partial charge in [0.2, 0.25) is 0 Å². The molecule has 1 aromatic heterocycles. The molecule has 0 aromatic carbocycles. The number of carboxylic acid groups (broad SMARTS) is 1. The van der Waals surface area contributed by atoms with Gasteiger partial charge in [0, 0.05) is 18.5 Å². The minimum atomic E-state index is -0.943. The second kappa shape index (κ2) is 6.46. The zero-order chi connectivity index (χ0) is 13.7. The van der Waals surface area contributed by atoms with Crippen LogP contribution in [0.1, 0.15) is 29.3 Å². The summed E-state index contributed by atoms with van der Waals surface area (Å²) in [4.78, 5) is 26.7. The largest absolute Gasteiger partial charge is 0.481 e. The Morgan fingerprint density at radius 3 is 2.78 bits per heavy atom. The van der Waals surface area contributed by atoms with Crippen molar-refractivity contribution in [2.45, 2.75) is 26.5 Å². The van der Waals surface area contributed by atoms with E-state index in [1.165, 1.54) is 11.3 Å². The van der Waals surface area contributed by atoms with Gasteiger partial charge in [-0.05, 0) is 13.8 Å². The number of ether oxygens (including phenoxy) is 1. The first-order chi connectivity index (χ1) is 8.45. The van der Waals surface area contributed by atoms with Crippen molar-refractivity contribution in [2.24, 2.45) is 5.92 Å². The Hall–Kier alpha value is -1.47. The summed E-state index contributed by atoms with van der Waals surface area (Å²) in [6.45, 7) is 3.56. The average molecular weight is 272 g/mol. The molecular formula is C11H16N2O4S. The lowest BCUT2D eigenvalue weighted by atomic mass is 10.0. The van der Waals surface area contributed by atoms with Crippen LogP contribution < -0.4 is 5.32 Å². The molecule has 2 atom stereocenters. The molecule has 18 heavy (non-hydrogen) atoms. The van der Waals surface area contributed by atoms with E-state index < -0.39 is 17.9 Å². The third-order valence-electron chi connectivity index (χ3n) is 2.55. The van der Waals surface area contributed by atoms with Gasteiger partial charge in [0.15, 0.2) is 0 Å². The molecule has 0 saturated carbocycles. The maximum absolute atomic E-state index is 11.8. The Kier molecular flexibility index (Phi) is 5.24. The molecule has 7 heteroatoms. The van der Waals surface area contributed by atoms with E-state index in [9.17, 15) is 9.59 Å². The molecule has 2 N–H and O–H groups in total. The molecule has 100 valence electrons. The monoisotopic (exact) mass is 272 g/mol. The first-order valence-electron chi connectivity index (χ1n) is 5.42. The molecule has 0 spiro atoms. The van der Waals surface area contributed by atoms with Crippen LogP contribution in [0.5, 0.6) is 0 Å². The van der Waals surface area contributed by atoms with Crippen LogP contribution in [0.3, 0.4) is 0 Å². The lowest BCUT2D eigenvalue weighted by molar-refractivity contribution is -0.141. The number of rotatable bonds is 6. The molecule has 0 radical (unpaired) electrons. The third kappa shape index (κ3) is 3.78. The van der Waals surface area contributed by atoms with Crippen molar-refractivity contribution in [3.63, 3.8) is 0 Å². The number of aromatic nitrogens is 1. The molecule has 0 fully saturated rings. The van der Waals surface area contributed by atoms with Crippen LogP contribution in [0.25, 0.3) is 0 Å². The van der Waals surface area contributed by atoms with E-state index in [1.54, 1.807) is 26.3 Å². The van der Waals surface area contributed by atoms with E-state index in [0.29, 0.717) is 11.6 Å². The first-order valence-corrected chi connectivity index (χ1v) is 6.30. The Bertz CT molecular complexity index is 432. The minimum Gasteiger partial charge on any atom is -0.481 e. The van der Waals surface area contributed by atoms with Gasteiger partial charge in [-0.3, -0.25) is 9.59 Å². The molecule has 1 aromatic rings. The number of amides is 1. The molecule has 0 bridgehead atoms. The number of nitrogens with zero attached hydrogens (tertiary/aromatic N) is 1. The van der Waals surface area contributed by atoms with Crippen molar-refractivity contribution in [3.8, 4) is 0 Å². The van der Waals surface area contributed by atoms with E-state index in [2.05, 4.69) is 10.3 Å². The second-order valence-corrected chi connectivity index (χ2v) is 4.89. The van der Waals surface area contributed by atoms with Crippen LogP contribution in [-0.2, 0) is 16.1 Å². The van der Waals surface area contributed by atoms with Gasteiger partial charge < -0.3 is 15.2 Å². The highest BCUT2D eigenvalue weighted by atomic mass is 32.1. The van der Waals surface area contributed by atoms with Crippen molar-refractivity contribution < 1.29 is 19.4 Å². The summed E-state index contributed by atoms with van der Waals surface area (Å²) in [6.07, 6.45) is 0. The summed E-state index contributed by atoms with van der Waals surface area (Å²) in [5, 5.41) is 13.8. The van der Waals surface area contributed by atoms with Gasteiger partial charge in [0.05, 0.1) is 12.5 Å². The Balaban J connectivity index is 2.61. The SMILES string of the molecule is COCc1nc(C(=O)NC(C)C(C)C(=O)O)cs1. The topological polar surface area (TPSA) is 88.5 Å². The van der Waals surface area contributed by atoms with Crippen LogP contribution in [0.2, 0.25) is 0 Å². The van der Waals surface area contributed by atoms with Crippen LogP contribution in [-0.4, -0.2) is 35.1 Å². The Morgan fingerprint density at radius 2 is 2.22 bits per heavy atom. The fourth-order valence-corrected chi connectivity index (χ4v) is 1.97. The molecular weight excluding hydrogens is 256 g/mol. The van der Waals surface area contributed by atoms with E-state index in [0.717, 1.165) is 0 Å². The zero-order valence-corrected chi connectivity index (χ0v) is 11.3. The highest BCUT2D eigenvalue weighted by molar-refractivity contribution is 7.09. The van der Waals surface area contributed by atoms with Gasteiger partial charge in [-0.1, -0.05) is 0 Å². The maximum Gasteiger partial charge on any atom is 0.308 e. The van der Waals surface area contributed by atoms with Crippen LogP contribution in [0, 0.1) is 5.92 Å². The van der Waals surface area contributed by atoms with Gasteiger partial charge in [-0.15, -0.1) is 11.3 Å². The smallest absolute Gasteiger partial charge is 0.308 e. The van der Waals surface area contributed by atoms with Gasteiger partial charge in [-0.25, -0.2) is 4.98 Å². The summed E-state index contributed by atoms with van der Waals surface area (Å²) in [6, 6.07) is -0.456. The summed E-state index contributed by atoms with van der Waals surface area (Å²) in [5.74, 6) is -1.96. The molecule has 0 aliphatic rings. The van der Waals surface area contributed by atoms with Gasteiger partial charge in [-0.2, -0.15) is 0 Å². The molecule has 0 saturated heterocycles.